The summed E-state index contributed by atoms with van der Waals surface area (Å²) in [6.07, 6.45) is -4.89. The Kier molecular flexibility index (Phi) is 4.25. The molecule has 0 bridgehead atoms. The zero-order valence-corrected chi connectivity index (χ0v) is 12.5. The highest BCUT2D eigenvalue weighted by Crippen LogP contribution is 2.32. The lowest BCUT2D eigenvalue weighted by Crippen LogP contribution is -2.40. The summed E-state index contributed by atoms with van der Waals surface area (Å²) in [6.45, 7) is 0. The molecule has 1 heterocycles. The number of alkyl halides is 3. The molecule has 0 unspecified atom stereocenters. The maximum atomic E-state index is 13.5. The SMILES string of the molecule is COc1c(Cl)cc(F)cc1-n1c(=O)cc(C(F)(F)F)n(C)c1=O. The van der Waals surface area contributed by atoms with E-state index >= 15 is 0 Å². The van der Waals surface area contributed by atoms with E-state index in [1.807, 2.05) is 0 Å². The Labute approximate surface area is 131 Å². The van der Waals surface area contributed by atoms with E-state index in [0.29, 0.717) is 4.57 Å². The minimum atomic E-state index is -4.89. The minimum Gasteiger partial charge on any atom is -0.493 e. The third-order valence-electron chi connectivity index (χ3n) is 3.04. The van der Waals surface area contributed by atoms with E-state index in [1.54, 1.807) is 0 Å². The number of hydrogen-bond donors (Lipinski definition) is 0. The van der Waals surface area contributed by atoms with Crippen LogP contribution in [0.25, 0.3) is 5.69 Å². The number of nitrogens with zero attached hydrogens (tertiary/aromatic N) is 2. The summed E-state index contributed by atoms with van der Waals surface area (Å²) in [7, 11) is 2.00. The van der Waals surface area contributed by atoms with Crippen LogP contribution in [0.2, 0.25) is 5.02 Å². The van der Waals surface area contributed by atoms with Crippen molar-refractivity contribution in [2.75, 3.05) is 7.11 Å². The lowest BCUT2D eigenvalue weighted by atomic mass is 10.2. The normalized spacial score (nSPS) is 11.6. The van der Waals surface area contributed by atoms with Gasteiger partial charge in [0.1, 0.15) is 17.2 Å². The van der Waals surface area contributed by atoms with E-state index in [1.165, 1.54) is 0 Å². The summed E-state index contributed by atoms with van der Waals surface area (Å²) >= 11 is 5.76. The quantitative estimate of drug-likeness (QED) is 0.780. The van der Waals surface area contributed by atoms with Gasteiger partial charge in [-0.2, -0.15) is 13.2 Å². The van der Waals surface area contributed by atoms with Crippen molar-refractivity contribution >= 4 is 11.6 Å². The second-order valence-corrected chi connectivity index (χ2v) is 4.89. The number of hydrogen-bond acceptors (Lipinski definition) is 3. The average molecular weight is 353 g/mol. The largest absolute Gasteiger partial charge is 0.493 e. The van der Waals surface area contributed by atoms with E-state index in [2.05, 4.69) is 0 Å². The molecule has 1 aromatic carbocycles. The summed E-state index contributed by atoms with van der Waals surface area (Å²) in [6, 6.07) is 1.88. The Bertz CT molecular complexity index is 886. The molecule has 2 rings (SSSR count). The first-order valence-corrected chi connectivity index (χ1v) is 6.39. The Balaban J connectivity index is 2.90. The van der Waals surface area contributed by atoms with Gasteiger partial charge < -0.3 is 4.74 Å². The molecule has 0 saturated heterocycles. The Hall–Kier alpha value is -2.29. The third kappa shape index (κ3) is 2.96. The van der Waals surface area contributed by atoms with Crippen LogP contribution in [0.5, 0.6) is 5.75 Å². The Morgan fingerprint density at radius 2 is 1.78 bits per heavy atom. The number of rotatable bonds is 2. The van der Waals surface area contributed by atoms with Crippen molar-refractivity contribution in [1.29, 1.82) is 0 Å². The second kappa shape index (κ2) is 5.73. The van der Waals surface area contributed by atoms with Gasteiger partial charge in [-0.1, -0.05) is 11.6 Å². The fourth-order valence-corrected chi connectivity index (χ4v) is 2.31. The molecule has 10 heteroatoms. The summed E-state index contributed by atoms with van der Waals surface area (Å²) in [5.74, 6) is -1.10. The molecule has 0 radical (unpaired) electrons. The first-order chi connectivity index (χ1) is 10.6. The van der Waals surface area contributed by atoms with Gasteiger partial charge in [-0.15, -0.1) is 0 Å². The third-order valence-corrected chi connectivity index (χ3v) is 3.33. The molecule has 0 fully saturated rings. The summed E-state index contributed by atoms with van der Waals surface area (Å²) < 4.78 is 57.4. The fourth-order valence-electron chi connectivity index (χ4n) is 2.03. The number of ether oxygens (including phenoxy) is 1. The van der Waals surface area contributed by atoms with Crippen LogP contribution < -0.4 is 16.0 Å². The zero-order valence-electron chi connectivity index (χ0n) is 11.7. The Morgan fingerprint density at radius 1 is 1.17 bits per heavy atom. The van der Waals surface area contributed by atoms with Gasteiger partial charge in [-0.05, 0) is 6.07 Å². The van der Waals surface area contributed by atoms with Crippen LogP contribution in [0.3, 0.4) is 0 Å². The topological polar surface area (TPSA) is 53.2 Å². The van der Waals surface area contributed by atoms with Crippen molar-refractivity contribution in [2.45, 2.75) is 6.18 Å². The molecule has 0 aliphatic rings. The van der Waals surface area contributed by atoms with Crippen molar-refractivity contribution < 1.29 is 22.3 Å². The summed E-state index contributed by atoms with van der Waals surface area (Å²) in [5, 5.41) is -0.239. The van der Waals surface area contributed by atoms with Crippen LogP contribution >= 0.6 is 11.6 Å². The van der Waals surface area contributed by atoms with Crippen molar-refractivity contribution in [3.63, 3.8) is 0 Å². The van der Waals surface area contributed by atoms with E-state index in [-0.39, 0.29) is 21.4 Å². The molecule has 0 saturated carbocycles. The van der Waals surface area contributed by atoms with Gasteiger partial charge in [0.2, 0.25) is 0 Å². The lowest BCUT2D eigenvalue weighted by molar-refractivity contribution is -0.144. The van der Waals surface area contributed by atoms with Crippen molar-refractivity contribution in [3.05, 3.63) is 55.6 Å². The van der Waals surface area contributed by atoms with Gasteiger partial charge in [-0.3, -0.25) is 9.36 Å². The average Bonchev–Trinajstić information content (AvgIpc) is 2.41. The van der Waals surface area contributed by atoms with Crippen molar-refractivity contribution in [1.82, 2.24) is 9.13 Å². The molecule has 5 nitrogen and oxygen atoms in total. The van der Waals surface area contributed by atoms with Crippen LogP contribution in [-0.4, -0.2) is 16.2 Å². The smallest absolute Gasteiger partial charge is 0.431 e. The first-order valence-electron chi connectivity index (χ1n) is 6.01. The Morgan fingerprint density at radius 3 is 2.30 bits per heavy atom. The minimum absolute atomic E-state index is 0.216. The molecule has 0 N–H and O–H groups in total. The molecule has 0 spiro atoms. The van der Waals surface area contributed by atoms with Gasteiger partial charge in [0, 0.05) is 19.2 Å². The maximum absolute atomic E-state index is 13.5. The van der Waals surface area contributed by atoms with Gasteiger partial charge in [0.15, 0.2) is 5.75 Å². The maximum Gasteiger partial charge on any atom is 0.431 e. The standard InChI is InChI=1S/C13H9ClF4N2O3/c1-19-9(13(16,17)18)5-10(21)20(12(19)22)8-4-6(15)3-7(14)11(8)23-2/h3-5H,1-2H3. The molecule has 124 valence electrons. The van der Waals surface area contributed by atoms with Crippen LogP contribution in [0.1, 0.15) is 5.69 Å². The number of aromatic nitrogens is 2. The van der Waals surface area contributed by atoms with Crippen molar-refractivity contribution in [2.24, 2.45) is 7.05 Å². The molecular formula is C13H9ClF4N2O3. The molecule has 2 aromatic rings. The molecular weight excluding hydrogens is 344 g/mol. The second-order valence-electron chi connectivity index (χ2n) is 4.48. The number of benzene rings is 1. The van der Waals surface area contributed by atoms with Crippen molar-refractivity contribution in [3.8, 4) is 11.4 Å². The molecule has 0 aliphatic carbocycles. The van der Waals surface area contributed by atoms with Crippen LogP contribution in [0.15, 0.2) is 27.8 Å². The van der Waals surface area contributed by atoms with E-state index in [0.717, 1.165) is 26.3 Å². The fraction of sp³-hybridized carbons (Fsp3) is 0.231. The van der Waals surface area contributed by atoms with Gasteiger partial charge >= 0.3 is 11.9 Å². The number of methoxy groups -OCH3 is 1. The molecule has 1 aromatic heterocycles. The van der Waals surface area contributed by atoms with E-state index in [4.69, 9.17) is 16.3 Å². The highest BCUT2D eigenvalue weighted by Gasteiger charge is 2.35. The lowest BCUT2D eigenvalue weighted by Gasteiger charge is -2.16. The van der Waals surface area contributed by atoms with Crippen LogP contribution in [0.4, 0.5) is 17.6 Å². The van der Waals surface area contributed by atoms with E-state index in [9.17, 15) is 27.2 Å². The van der Waals surface area contributed by atoms with Gasteiger partial charge in [-0.25, -0.2) is 13.8 Å². The predicted octanol–water partition coefficient (Wildman–Crippen LogP) is 2.36. The molecule has 23 heavy (non-hydrogen) atoms. The van der Waals surface area contributed by atoms with Gasteiger partial charge in [0.05, 0.1) is 12.1 Å². The molecule has 0 amide bonds. The first kappa shape index (κ1) is 17.1. The number of halogens is 5. The molecule has 0 atom stereocenters. The predicted molar refractivity (Wildman–Crippen MR) is 73.8 cm³/mol. The van der Waals surface area contributed by atoms with Crippen LogP contribution in [0, 0.1) is 5.82 Å². The molecule has 0 aliphatic heterocycles. The highest BCUT2D eigenvalue weighted by molar-refractivity contribution is 6.32. The van der Waals surface area contributed by atoms with Crippen LogP contribution in [-0.2, 0) is 13.2 Å². The summed E-state index contributed by atoms with van der Waals surface area (Å²) in [4.78, 5) is 24.1. The summed E-state index contributed by atoms with van der Waals surface area (Å²) in [5.41, 5.74) is -4.42. The monoisotopic (exact) mass is 352 g/mol. The van der Waals surface area contributed by atoms with Gasteiger partial charge in [0.25, 0.3) is 5.56 Å². The van der Waals surface area contributed by atoms with E-state index < -0.39 is 34.6 Å². The highest BCUT2D eigenvalue weighted by atomic mass is 35.5. The zero-order chi connectivity index (χ0) is 17.5.